The summed E-state index contributed by atoms with van der Waals surface area (Å²) < 4.78 is 164. The summed E-state index contributed by atoms with van der Waals surface area (Å²) in [6.45, 7) is -0.968. The molecular formula is C29H23N3NaO17S5. The molecule has 5 aromatic carbocycles. The molecule has 5 aromatic rings. The SMILES string of the molecule is O=C(Nc1cc(S(=O)(=O)O)cc2cc(S(=O)(=O)O)c(N=Nc3ccc4cc(S(=O)(=O)CCOS(=O)(=O)O)ccc4c3S(=O)(=O)O)c(O)c12)c1ccccc1.[Na]. The van der Waals surface area contributed by atoms with E-state index in [9.17, 15) is 65.6 Å². The van der Waals surface area contributed by atoms with E-state index >= 15 is 0 Å². The number of hydrogen-bond donors (Lipinski definition) is 6. The smallest absolute Gasteiger partial charge is 0.397 e. The summed E-state index contributed by atoms with van der Waals surface area (Å²) in [5, 5.41) is 19.6. The van der Waals surface area contributed by atoms with Crippen LogP contribution < -0.4 is 5.32 Å². The molecule has 26 heteroatoms. The zero-order chi connectivity index (χ0) is 40.0. The van der Waals surface area contributed by atoms with Gasteiger partial charge in [0.15, 0.2) is 15.6 Å². The Labute approximate surface area is 334 Å². The molecule has 5 rings (SSSR count). The standard InChI is InChI=1S/C29H23N3O17S5.Na/c33-27-25-18(13-20(51(37,38)39)15-23(25)30-29(34)16-4-2-1-3-5-16)14-24(52(40,41)42)26(27)32-31-22-9-6-17-12-19(7-8-21(17)28(22)53(43,44)45)50(35,36)11-10-49-54(46,47)48;/h1-9,12-15,33H,10-11H2,(H,30,34)(H,37,38,39)(H,40,41,42)(H,43,44,45)(H,46,47,48);. The minimum Gasteiger partial charge on any atom is -0.505 e. The van der Waals surface area contributed by atoms with Crippen LogP contribution in [0.3, 0.4) is 0 Å². The van der Waals surface area contributed by atoms with Crippen LogP contribution >= 0.6 is 0 Å². The van der Waals surface area contributed by atoms with Gasteiger partial charge in [-0.25, -0.2) is 12.6 Å². The maximum absolute atomic E-state index is 13.0. The molecule has 0 saturated carbocycles. The number of phenols is 1. The number of carbonyl (C=O) groups is 1. The number of carbonyl (C=O) groups excluding carboxylic acids is 1. The van der Waals surface area contributed by atoms with Crippen molar-refractivity contribution >= 4 is 125 Å². The second kappa shape index (κ2) is 15.9. The molecule has 1 amide bonds. The molecule has 55 heavy (non-hydrogen) atoms. The minimum absolute atomic E-state index is 0. The Morgan fingerprint density at radius 3 is 1.91 bits per heavy atom. The largest absolute Gasteiger partial charge is 0.505 e. The van der Waals surface area contributed by atoms with Gasteiger partial charge in [-0.3, -0.25) is 23.0 Å². The molecule has 1 radical (unpaired) electrons. The molecule has 0 heterocycles. The van der Waals surface area contributed by atoms with Crippen LogP contribution in [0.15, 0.2) is 109 Å². The first-order valence-electron chi connectivity index (χ1n) is 14.3. The summed E-state index contributed by atoms with van der Waals surface area (Å²) in [7, 11) is -24.9. The average Bonchev–Trinajstić information content (AvgIpc) is 3.05. The average molecular weight is 869 g/mol. The number of hydrogen-bond acceptors (Lipinski definition) is 15. The molecular weight excluding hydrogens is 846 g/mol. The van der Waals surface area contributed by atoms with E-state index in [1.54, 1.807) is 6.07 Å². The fourth-order valence-corrected chi connectivity index (χ4v) is 8.62. The maximum Gasteiger partial charge on any atom is 0.397 e. The van der Waals surface area contributed by atoms with E-state index in [-0.39, 0.29) is 45.9 Å². The van der Waals surface area contributed by atoms with Crippen molar-refractivity contribution in [3.05, 3.63) is 84.4 Å². The van der Waals surface area contributed by atoms with Gasteiger partial charge in [0.1, 0.15) is 21.2 Å². The molecule has 0 unspecified atom stereocenters. The first-order chi connectivity index (χ1) is 24.9. The molecule has 0 aromatic heterocycles. The van der Waals surface area contributed by atoms with Gasteiger partial charge in [-0.15, -0.1) is 10.2 Å². The minimum atomic E-state index is -5.38. The summed E-state index contributed by atoms with van der Waals surface area (Å²) in [6, 6.07) is 14.1. The van der Waals surface area contributed by atoms with E-state index in [0.717, 1.165) is 36.4 Å². The first-order valence-corrected chi connectivity index (χ1v) is 21.7. The molecule has 0 bridgehead atoms. The summed E-state index contributed by atoms with van der Waals surface area (Å²) >= 11 is 0. The van der Waals surface area contributed by atoms with Gasteiger partial charge >= 0.3 is 10.4 Å². The van der Waals surface area contributed by atoms with Crippen molar-refractivity contribution in [1.82, 2.24) is 0 Å². The topological polar surface area (TPSA) is 335 Å². The van der Waals surface area contributed by atoms with Crippen LogP contribution in [0.5, 0.6) is 5.75 Å². The molecule has 0 fully saturated rings. The molecule has 20 nitrogen and oxygen atoms in total. The van der Waals surface area contributed by atoms with E-state index in [1.807, 2.05) is 0 Å². The summed E-state index contributed by atoms with van der Waals surface area (Å²) in [5.74, 6) is -2.95. The first kappa shape index (κ1) is 43.8. The summed E-state index contributed by atoms with van der Waals surface area (Å²) in [5.41, 5.74) is -2.26. The van der Waals surface area contributed by atoms with Gasteiger partial charge in [-0.05, 0) is 59.3 Å². The Bertz CT molecular complexity index is 2980. The van der Waals surface area contributed by atoms with E-state index in [4.69, 9.17) is 4.55 Å². The number of fused-ring (bicyclic) bond motifs is 2. The predicted octanol–water partition coefficient (Wildman–Crippen LogP) is 3.32. The number of sulfone groups is 1. The second-order valence-electron chi connectivity index (χ2n) is 11.0. The van der Waals surface area contributed by atoms with Crippen molar-refractivity contribution < 1.29 is 74.4 Å². The van der Waals surface area contributed by atoms with Crippen molar-refractivity contribution in [2.75, 3.05) is 17.7 Å². The van der Waals surface area contributed by atoms with E-state index in [1.165, 1.54) is 24.3 Å². The number of amides is 1. The van der Waals surface area contributed by atoms with Gasteiger partial charge < -0.3 is 10.4 Å². The van der Waals surface area contributed by atoms with Crippen molar-refractivity contribution in [2.45, 2.75) is 19.6 Å². The van der Waals surface area contributed by atoms with Crippen LogP contribution in [0, 0.1) is 0 Å². The molecule has 0 aliphatic carbocycles. The quantitative estimate of drug-likeness (QED) is 0.0595. The number of rotatable bonds is 12. The predicted molar refractivity (Wildman–Crippen MR) is 193 cm³/mol. The fraction of sp³-hybridized carbons (Fsp3) is 0.0690. The molecule has 0 atom stereocenters. The third kappa shape index (κ3) is 10.1. The van der Waals surface area contributed by atoms with Gasteiger partial charge in [0.25, 0.3) is 36.3 Å². The molecule has 6 N–H and O–H groups in total. The number of nitrogens with one attached hydrogen (secondary N) is 1. The number of azo groups is 1. The monoisotopic (exact) mass is 868 g/mol. The van der Waals surface area contributed by atoms with Crippen LogP contribution in [-0.2, 0) is 54.8 Å². The number of nitrogens with zero attached hydrogens (tertiary/aromatic N) is 2. The van der Waals surface area contributed by atoms with E-state index in [2.05, 4.69) is 19.7 Å². The van der Waals surface area contributed by atoms with Crippen LogP contribution in [0.4, 0.5) is 17.1 Å². The van der Waals surface area contributed by atoms with E-state index in [0.29, 0.717) is 12.1 Å². The zero-order valence-electron chi connectivity index (χ0n) is 27.5. The molecule has 0 spiro atoms. The van der Waals surface area contributed by atoms with Gasteiger partial charge in [0.05, 0.1) is 27.8 Å². The van der Waals surface area contributed by atoms with Crippen LogP contribution in [-0.4, -0.2) is 113 Å². The van der Waals surface area contributed by atoms with Crippen molar-refractivity contribution in [2.24, 2.45) is 10.2 Å². The summed E-state index contributed by atoms with van der Waals surface area (Å²) in [6.07, 6.45) is 0. The summed E-state index contributed by atoms with van der Waals surface area (Å²) in [4.78, 5) is 9.47. The van der Waals surface area contributed by atoms with Gasteiger partial charge in [0, 0.05) is 45.9 Å². The molecule has 0 saturated heterocycles. The Morgan fingerprint density at radius 1 is 0.691 bits per heavy atom. The number of phenolic OH excluding ortho intramolecular Hbond substituents is 1. The zero-order valence-corrected chi connectivity index (χ0v) is 33.6. The second-order valence-corrected chi connectivity index (χ2v) is 18.3. The number of aromatic hydroxyl groups is 1. The van der Waals surface area contributed by atoms with Crippen LogP contribution in [0.1, 0.15) is 10.4 Å². The number of anilines is 1. The van der Waals surface area contributed by atoms with Crippen molar-refractivity contribution in [1.29, 1.82) is 0 Å². The Balaban J connectivity index is 0.00000673. The molecule has 0 aliphatic rings. The van der Waals surface area contributed by atoms with Crippen molar-refractivity contribution in [3.8, 4) is 5.75 Å². The van der Waals surface area contributed by atoms with Crippen LogP contribution in [0.2, 0.25) is 0 Å². The van der Waals surface area contributed by atoms with Gasteiger partial charge in [0.2, 0.25) is 0 Å². The van der Waals surface area contributed by atoms with E-state index < -0.39 is 122 Å². The van der Waals surface area contributed by atoms with Gasteiger partial charge in [-0.1, -0.05) is 30.3 Å². The Morgan fingerprint density at radius 2 is 1.33 bits per heavy atom. The van der Waals surface area contributed by atoms with Crippen molar-refractivity contribution in [3.63, 3.8) is 0 Å². The Kier molecular flexibility index (Phi) is 12.6. The van der Waals surface area contributed by atoms with Gasteiger partial charge in [-0.2, -0.15) is 33.7 Å². The molecule has 287 valence electrons. The molecule has 0 aliphatic heterocycles. The van der Waals surface area contributed by atoms with Crippen LogP contribution in [0.25, 0.3) is 21.5 Å². The number of benzene rings is 5. The fourth-order valence-electron chi connectivity index (χ4n) is 5.07. The maximum atomic E-state index is 13.0. The third-order valence-corrected chi connectivity index (χ3v) is 12.1. The normalized spacial score (nSPS) is 12.9. The Hall–Kier alpha value is -3.96. The third-order valence-electron chi connectivity index (χ3n) is 7.36.